The van der Waals surface area contributed by atoms with E-state index in [1.165, 1.54) is 6.92 Å². The highest BCUT2D eigenvalue weighted by Crippen LogP contribution is 1.79. The molecule has 0 atom stereocenters. The van der Waals surface area contributed by atoms with E-state index < -0.39 is 0 Å². The second kappa shape index (κ2) is 4.78. The quantitative estimate of drug-likeness (QED) is 0.531. The molecule has 0 aromatic rings. The molecule has 0 bridgehead atoms. The lowest BCUT2D eigenvalue weighted by Gasteiger charge is -1.81. The van der Waals surface area contributed by atoms with Gasteiger partial charge in [0.15, 0.2) is 11.6 Å². The zero-order chi connectivity index (χ0) is 5.86. The highest BCUT2D eigenvalue weighted by atomic mass is 35.5. The predicted molar refractivity (Wildman–Crippen MR) is 33.2 cm³/mol. The Morgan fingerprint density at radius 1 is 1.38 bits per heavy atom. The predicted octanol–water partition coefficient (Wildman–Crippen LogP) is 0.976. The van der Waals surface area contributed by atoms with Crippen molar-refractivity contribution in [1.82, 2.24) is 0 Å². The van der Waals surface area contributed by atoms with Crippen molar-refractivity contribution in [3.63, 3.8) is 0 Å². The second-order valence-electron chi connectivity index (χ2n) is 1.33. The SMILES string of the molecule is CCC(=O)C(C)=O.Cl. The maximum absolute atomic E-state index is 10.2. The number of carbonyl (C=O) groups is 2. The van der Waals surface area contributed by atoms with Crippen LogP contribution in [0.2, 0.25) is 0 Å². The number of Topliss-reactive ketones (excluding diaryl/α,β-unsaturated/α-hetero) is 2. The molecule has 0 aliphatic carbocycles. The maximum Gasteiger partial charge on any atom is 0.197 e. The summed E-state index contributed by atoms with van der Waals surface area (Å²) in [6.45, 7) is 2.95. The molecule has 0 fully saturated rings. The lowest BCUT2D eigenvalue weighted by atomic mass is 10.2. The van der Waals surface area contributed by atoms with Gasteiger partial charge < -0.3 is 0 Å². The number of rotatable bonds is 2. The van der Waals surface area contributed by atoms with Gasteiger partial charge >= 0.3 is 0 Å². The van der Waals surface area contributed by atoms with Crippen LogP contribution in [0, 0.1) is 0 Å². The summed E-state index contributed by atoms with van der Waals surface area (Å²) >= 11 is 0. The number of halogens is 1. The van der Waals surface area contributed by atoms with Crippen molar-refractivity contribution in [2.24, 2.45) is 0 Å². The Morgan fingerprint density at radius 2 is 1.75 bits per heavy atom. The van der Waals surface area contributed by atoms with Crippen LogP contribution in [0.15, 0.2) is 0 Å². The van der Waals surface area contributed by atoms with Crippen molar-refractivity contribution in [2.45, 2.75) is 20.3 Å². The minimum atomic E-state index is -0.345. The summed E-state index contributed by atoms with van der Waals surface area (Å²) in [6.07, 6.45) is 0.329. The van der Waals surface area contributed by atoms with E-state index in [9.17, 15) is 9.59 Å². The fourth-order valence-corrected chi connectivity index (χ4v) is 0.249. The molecule has 8 heavy (non-hydrogen) atoms. The first-order valence-corrected chi connectivity index (χ1v) is 2.22. The van der Waals surface area contributed by atoms with E-state index in [-0.39, 0.29) is 24.0 Å². The first-order chi connectivity index (χ1) is 3.18. The van der Waals surface area contributed by atoms with Gasteiger partial charge in [-0.1, -0.05) is 6.92 Å². The number of ketones is 2. The topological polar surface area (TPSA) is 34.1 Å². The van der Waals surface area contributed by atoms with E-state index in [1.807, 2.05) is 0 Å². The molecule has 0 N–H and O–H groups in total. The van der Waals surface area contributed by atoms with Crippen LogP contribution in [0.25, 0.3) is 0 Å². The minimum Gasteiger partial charge on any atom is -0.291 e. The van der Waals surface area contributed by atoms with E-state index in [1.54, 1.807) is 6.92 Å². The summed E-state index contributed by atoms with van der Waals surface area (Å²) in [6, 6.07) is 0. The molecule has 0 saturated carbocycles. The Labute approximate surface area is 54.7 Å². The zero-order valence-electron chi connectivity index (χ0n) is 4.93. The van der Waals surface area contributed by atoms with Crippen LogP contribution in [-0.2, 0) is 9.59 Å². The fourth-order valence-electron chi connectivity index (χ4n) is 0.249. The molecule has 0 aliphatic rings. The Bertz CT molecular complexity index is 98.6. The molecule has 0 heterocycles. The molecule has 0 amide bonds. The zero-order valence-corrected chi connectivity index (χ0v) is 5.75. The van der Waals surface area contributed by atoms with Crippen LogP contribution in [0.5, 0.6) is 0 Å². The molecular formula is C5H9ClO2. The van der Waals surface area contributed by atoms with Crippen molar-refractivity contribution >= 4 is 24.0 Å². The van der Waals surface area contributed by atoms with Gasteiger partial charge in [0.05, 0.1) is 0 Å². The van der Waals surface area contributed by atoms with E-state index in [4.69, 9.17) is 0 Å². The largest absolute Gasteiger partial charge is 0.291 e. The van der Waals surface area contributed by atoms with Crippen molar-refractivity contribution in [2.75, 3.05) is 0 Å². The molecule has 0 aliphatic heterocycles. The fraction of sp³-hybridized carbons (Fsp3) is 0.600. The van der Waals surface area contributed by atoms with Crippen molar-refractivity contribution in [3.8, 4) is 0 Å². The van der Waals surface area contributed by atoms with Crippen LogP contribution in [-0.4, -0.2) is 11.6 Å². The van der Waals surface area contributed by atoms with E-state index in [2.05, 4.69) is 0 Å². The second-order valence-corrected chi connectivity index (χ2v) is 1.33. The monoisotopic (exact) mass is 136 g/mol. The van der Waals surface area contributed by atoms with Gasteiger partial charge in [-0.05, 0) is 0 Å². The smallest absolute Gasteiger partial charge is 0.197 e. The van der Waals surface area contributed by atoms with Gasteiger partial charge in [-0.15, -0.1) is 12.4 Å². The highest BCUT2D eigenvalue weighted by molar-refractivity contribution is 6.36. The van der Waals surface area contributed by atoms with Crippen LogP contribution in [0.1, 0.15) is 20.3 Å². The third-order valence-electron chi connectivity index (χ3n) is 0.714. The van der Waals surface area contributed by atoms with Crippen LogP contribution < -0.4 is 0 Å². The molecule has 2 nitrogen and oxygen atoms in total. The molecule has 0 rings (SSSR count). The molecular weight excluding hydrogens is 128 g/mol. The summed E-state index contributed by atoms with van der Waals surface area (Å²) in [7, 11) is 0. The molecule has 0 radical (unpaired) electrons. The van der Waals surface area contributed by atoms with Gasteiger partial charge in [0, 0.05) is 13.3 Å². The first kappa shape index (κ1) is 10.6. The molecule has 48 valence electrons. The lowest BCUT2D eigenvalue weighted by Crippen LogP contribution is -2.06. The molecule has 0 spiro atoms. The standard InChI is InChI=1S/C5H8O2.ClH/c1-3-5(7)4(2)6;/h3H2,1-2H3;1H. The molecule has 0 saturated heterocycles. The Morgan fingerprint density at radius 3 is 1.75 bits per heavy atom. The van der Waals surface area contributed by atoms with Gasteiger partial charge in [-0.2, -0.15) is 0 Å². The minimum absolute atomic E-state index is 0. The van der Waals surface area contributed by atoms with Crippen molar-refractivity contribution < 1.29 is 9.59 Å². The Hall–Kier alpha value is -0.370. The Balaban J connectivity index is 0. The van der Waals surface area contributed by atoms with Gasteiger partial charge in [0.2, 0.25) is 0 Å². The molecule has 0 aromatic carbocycles. The molecule has 0 unspecified atom stereocenters. The normalized spacial score (nSPS) is 7.25. The van der Waals surface area contributed by atoms with Crippen molar-refractivity contribution in [1.29, 1.82) is 0 Å². The number of hydrogen-bond donors (Lipinski definition) is 0. The van der Waals surface area contributed by atoms with Crippen LogP contribution in [0.4, 0.5) is 0 Å². The molecule has 3 heteroatoms. The Kier molecular flexibility index (Phi) is 6.32. The van der Waals surface area contributed by atoms with E-state index >= 15 is 0 Å². The average Bonchev–Trinajstić information content (AvgIpc) is 1.65. The van der Waals surface area contributed by atoms with Crippen molar-refractivity contribution in [3.05, 3.63) is 0 Å². The highest BCUT2D eigenvalue weighted by Gasteiger charge is 2.00. The third kappa shape index (κ3) is 3.81. The van der Waals surface area contributed by atoms with Gasteiger partial charge in [-0.25, -0.2) is 0 Å². The average molecular weight is 137 g/mol. The van der Waals surface area contributed by atoms with Gasteiger partial charge in [0.25, 0.3) is 0 Å². The van der Waals surface area contributed by atoms with E-state index in [0.29, 0.717) is 6.42 Å². The number of hydrogen-bond acceptors (Lipinski definition) is 2. The summed E-state index contributed by atoms with van der Waals surface area (Å²) in [5.74, 6) is -0.637. The van der Waals surface area contributed by atoms with Gasteiger partial charge in [0.1, 0.15) is 0 Å². The summed E-state index contributed by atoms with van der Waals surface area (Å²) in [4.78, 5) is 20.2. The number of carbonyl (C=O) groups excluding carboxylic acids is 2. The van der Waals surface area contributed by atoms with Crippen LogP contribution >= 0.6 is 12.4 Å². The lowest BCUT2D eigenvalue weighted by molar-refractivity contribution is -0.135. The van der Waals surface area contributed by atoms with Crippen LogP contribution in [0.3, 0.4) is 0 Å². The summed E-state index contributed by atoms with van der Waals surface area (Å²) in [5.41, 5.74) is 0. The first-order valence-electron chi connectivity index (χ1n) is 2.22. The summed E-state index contributed by atoms with van der Waals surface area (Å²) < 4.78 is 0. The van der Waals surface area contributed by atoms with E-state index in [0.717, 1.165) is 0 Å². The van der Waals surface area contributed by atoms with Gasteiger partial charge in [-0.3, -0.25) is 9.59 Å². The maximum atomic E-state index is 10.2. The summed E-state index contributed by atoms with van der Waals surface area (Å²) in [5, 5.41) is 0. The molecule has 0 aromatic heterocycles. The third-order valence-corrected chi connectivity index (χ3v) is 0.714.